The molecule has 6 heteroatoms. The largest absolute Gasteiger partial charge is 0.329 e. The number of anilines is 1. The molecule has 2 aromatic carbocycles. The lowest BCUT2D eigenvalue weighted by Crippen LogP contribution is -2.29. The van der Waals surface area contributed by atoms with E-state index in [-0.39, 0.29) is 10.5 Å². The number of aromatic amines is 1. The molecule has 1 N–H and O–H groups in total. The Bertz CT molecular complexity index is 1070. The first kappa shape index (κ1) is 14.0. The number of sulfonamides is 1. The van der Waals surface area contributed by atoms with Gasteiger partial charge in [0, 0.05) is 23.5 Å². The standard InChI is InChI=1S/C17H14N2O3S/c20-17-14-5-3-7-16(13(14)8-10-18-17)23(21,22)19-11-9-12-4-1-2-6-15(12)19/h1-8,10H,9,11H2,(H,18,20). The van der Waals surface area contributed by atoms with Crippen LogP contribution in [0.25, 0.3) is 10.8 Å². The first-order valence-corrected chi connectivity index (χ1v) is 8.74. The molecule has 4 rings (SSSR count). The van der Waals surface area contributed by atoms with Gasteiger partial charge in [0.1, 0.15) is 0 Å². The summed E-state index contributed by atoms with van der Waals surface area (Å²) in [6.45, 7) is 0.418. The highest BCUT2D eigenvalue weighted by molar-refractivity contribution is 7.93. The SMILES string of the molecule is O=c1[nH]ccc2c(S(=O)(=O)N3CCc4ccccc43)cccc12. The lowest BCUT2D eigenvalue weighted by molar-refractivity contribution is 0.593. The van der Waals surface area contributed by atoms with Crippen LogP contribution in [-0.4, -0.2) is 19.9 Å². The van der Waals surface area contributed by atoms with Gasteiger partial charge < -0.3 is 4.98 Å². The van der Waals surface area contributed by atoms with Crippen LogP contribution in [0, 0.1) is 0 Å². The molecule has 0 fully saturated rings. The molecular weight excluding hydrogens is 312 g/mol. The van der Waals surface area contributed by atoms with Gasteiger partial charge in [0.05, 0.1) is 10.6 Å². The maximum Gasteiger partial charge on any atom is 0.264 e. The van der Waals surface area contributed by atoms with E-state index in [1.165, 1.54) is 10.5 Å². The smallest absolute Gasteiger partial charge is 0.264 e. The molecule has 1 aromatic heterocycles. The fourth-order valence-electron chi connectivity index (χ4n) is 3.09. The average molecular weight is 326 g/mol. The van der Waals surface area contributed by atoms with Crippen molar-refractivity contribution in [1.82, 2.24) is 4.98 Å². The normalized spacial score (nSPS) is 14.2. The van der Waals surface area contributed by atoms with Crippen molar-refractivity contribution in [3.05, 3.63) is 70.6 Å². The molecule has 116 valence electrons. The van der Waals surface area contributed by atoms with E-state index in [0.29, 0.717) is 29.4 Å². The molecule has 0 saturated carbocycles. The zero-order valence-corrected chi connectivity index (χ0v) is 13.0. The van der Waals surface area contributed by atoms with Crippen LogP contribution in [0.1, 0.15) is 5.56 Å². The third-order valence-electron chi connectivity index (χ3n) is 4.19. The molecule has 2 heterocycles. The Balaban J connectivity index is 1.95. The summed E-state index contributed by atoms with van der Waals surface area (Å²) in [5, 5.41) is 0.821. The highest BCUT2D eigenvalue weighted by Crippen LogP contribution is 2.34. The fourth-order valence-corrected chi connectivity index (χ4v) is 4.81. The number of nitrogens with zero attached hydrogens (tertiary/aromatic N) is 1. The van der Waals surface area contributed by atoms with Gasteiger partial charge >= 0.3 is 0 Å². The summed E-state index contributed by atoms with van der Waals surface area (Å²) in [6, 6.07) is 13.9. The quantitative estimate of drug-likeness (QED) is 0.785. The molecule has 5 nitrogen and oxygen atoms in total. The number of para-hydroxylation sites is 1. The first-order chi connectivity index (χ1) is 11.1. The lowest BCUT2D eigenvalue weighted by Gasteiger charge is -2.20. The summed E-state index contributed by atoms with van der Waals surface area (Å²) >= 11 is 0. The molecule has 3 aromatic rings. The Kier molecular flexibility index (Phi) is 3.02. The maximum absolute atomic E-state index is 13.1. The molecule has 1 aliphatic heterocycles. The van der Waals surface area contributed by atoms with E-state index >= 15 is 0 Å². The van der Waals surface area contributed by atoms with E-state index in [2.05, 4.69) is 4.98 Å². The minimum absolute atomic E-state index is 0.165. The van der Waals surface area contributed by atoms with Gasteiger partial charge in [-0.15, -0.1) is 0 Å². The number of aromatic nitrogens is 1. The van der Waals surface area contributed by atoms with Crippen molar-refractivity contribution in [1.29, 1.82) is 0 Å². The van der Waals surface area contributed by atoms with Crippen LogP contribution in [0.5, 0.6) is 0 Å². The number of fused-ring (bicyclic) bond motifs is 2. The molecule has 0 bridgehead atoms. The average Bonchev–Trinajstić information content (AvgIpc) is 2.99. The van der Waals surface area contributed by atoms with Crippen molar-refractivity contribution in [3.63, 3.8) is 0 Å². The Labute approximate surface area is 133 Å². The van der Waals surface area contributed by atoms with Gasteiger partial charge in [0.2, 0.25) is 0 Å². The van der Waals surface area contributed by atoms with Gasteiger partial charge in [-0.3, -0.25) is 9.10 Å². The number of benzene rings is 2. The molecule has 23 heavy (non-hydrogen) atoms. The minimum atomic E-state index is -3.71. The Morgan fingerprint density at radius 1 is 0.957 bits per heavy atom. The predicted octanol–water partition coefficient (Wildman–Crippen LogP) is 2.28. The zero-order chi connectivity index (χ0) is 16.0. The number of hydrogen-bond acceptors (Lipinski definition) is 3. The first-order valence-electron chi connectivity index (χ1n) is 7.30. The topological polar surface area (TPSA) is 70.2 Å². The van der Waals surface area contributed by atoms with Crippen LogP contribution in [0.2, 0.25) is 0 Å². The maximum atomic E-state index is 13.1. The molecule has 0 amide bonds. The Morgan fingerprint density at radius 2 is 1.78 bits per heavy atom. The molecule has 0 unspecified atom stereocenters. The number of hydrogen-bond donors (Lipinski definition) is 1. The number of rotatable bonds is 2. The van der Waals surface area contributed by atoms with Gasteiger partial charge in [0.25, 0.3) is 15.6 Å². The monoisotopic (exact) mass is 326 g/mol. The van der Waals surface area contributed by atoms with E-state index in [1.54, 1.807) is 24.3 Å². The van der Waals surface area contributed by atoms with E-state index in [1.807, 2.05) is 24.3 Å². The number of pyridine rings is 1. The molecule has 0 saturated heterocycles. The van der Waals surface area contributed by atoms with Crippen LogP contribution in [0.3, 0.4) is 0 Å². The van der Waals surface area contributed by atoms with Crippen LogP contribution >= 0.6 is 0 Å². The predicted molar refractivity (Wildman–Crippen MR) is 89.2 cm³/mol. The number of nitrogens with one attached hydrogen (secondary N) is 1. The molecule has 0 atom stereocenters. The Morgan fingerprint density at radius 3 is 2.65 bits per heavy atom. The molecule has 1 aliphatic rings. The van der Waals surface area contributed by atoms with Gasteiger partial charge in [0.15, 0.2) is 0 Å². The van der Waals surface area contributed by atoms with Crippen molar-refractivity contribution < 1.29 is 8.42 Å². The fraction of sp³-hybridized carbons (Fsp3) is 0.118. The summed E-state index contributed by atoms with van der Waals surface area (Å²) < 4.78 is 27.7. The second kappa shape index (κ2) is 4.96. The van der Waals surface area contributed by atoms with Crippen molar-refractivity contribution in [2.45, 2.75) is 11.3 Å². The summed E-state index contributed by atoms with van der Waals surface area (Å²) in [5.41, 5.74) is 1.45. The van der Waals surface area contributed by atoms with Crippen LogP contribution in [-0.2, 0) is 16.4 Å². The minimum Gasteiger partial charge on any atom is -0.329 e. The summed E-state index contributed by atoms with van der Waals surface area (Å²) in [4.78, 5) is 14.7. The molecule has 0 radical (unpaired) electrons. The van der Waals surface area contributed by atoms with Crippen LogP contribution in [0.4, 0.5) is 5.69 Å². The molecule has 0 aliphatic carbocycles. The summed E-state index contributed by atoms with van der Waals surface area (Å²) in [5.74, 6) is 0. The van der Waals surface area contributed by atoms with Crippen LogP contribution < -0.4 is 9.86 Å². The van der Waals surface area contributed by atoms with Gasteiger partial charge in [-0.2, -0.15) is 0 Å². The van der Waals surface area contributed by atoms with Crippen LogP contribution in [0.15, 0.2) is 64.4 Å². The number of H-pyrrole nitrogens is 1. The summed E-state index contributed by atoms with van der Waals surface area (Å²) in [6.07, 6.45) is 2.17. The van der Waals surface area contributed by atoms with Gasteiger partial charge in [-0.25, -0.2) is 8.42 Å². The van der Waals surface area contributed by atoms with Crippen molar-refractivity contribution in [3.8, 4) is 0 Å². The third-order valence-corrected chi connectivity index (χ3v) is 6.06. The van der Waals surface area contributed by atoms with Gasteiger partial charge in [-0.05, 0) is 36.2 Å². The van der Waals surface area contributed by atoms with E-state index in [9.17, 15) is 13.2 Å². The second-order valence-electron chi connectivity index (χ2n) is 5.48. The van der Waals surface area contributed by atoms with Crippen molar-refractivity contribution in [2.75, 3.05) is 10.8 Å². The van der Waals surface area contributed by atoms with Gasteiger partial charge in [-0.1, -0.05) is 24.3 Å². The third kappa shape index (κ3) is 2.06. The highest BCUT2D eigenvalue weighted by atomic mass is 32.2. The van der Waals surface area contributed by atoms with E-state index in [0.717, 1.165) is 5.56 Å². The zero-order valence-electron chi connectivity index (χ0n) is 12.2. The molecule has 0 spiro atoms. The van der Waals surface area contributed by atoms with Crippen molar-refractivity contribution in [2.24, 2.45) is 0 Å². The summed E-state index contributed by atoms with van der Waals surface area (Å²) in [7, 11) is -3.71. The Hall–Kier alpha value is -2.60. The van der Waals surface area contributed by atoms with E-state index in [4.69, 9.17) is 0 Å². The second-order valence-corrected chi connectivity index (χ2v) is 7.31. The highest BCUT2D eigenvalue weighted by Gasteiger charge is 2.31. The van der Waals surface area contributed by atoms with E-state index < -0.39 is 10.0 Å². The lowest BCUT2D eigenvalue weighted by atomic mass is 10.2. The molecular formula is C17H14N2O3S. The van der Waals surface area contributed by atoms with Crippen molar-refractivity contribution >= 4 is 26.5 Å².